The number of piperazine rings is 1. The van der Waals surface area contributed by atoms with Crippen LogP contribution in [-0.2, 0) is 9.59 Å². The fourth-order valence-electron chi connectivity index (χ4n) is 2.08. The van der Waals surface area contributed by atoms with Crippen LogP contribution in [0, 0.1) is 6.92 Å². The molecule has 0 saturated carbocycles. The topological polar surface area (TPSA) is 76.7 Å². The van der Waals surface area contributed by atoms with Gasteiger partial charge in [-0.1, -0.05) is 0 Å². The molecule has 1 aliphatic heterocycles. The van der Waals surface area contributed by atoms with Crippen molar-refractivity contribution in [3.63, 3.8) is 0 Å². The van der Waals surface area contributed by atoms with Gasteiger partial charge in [0, 0.05) is 12.1 Å². The molecule has 0 bridgehead atoms. The lowest BCUT2D eigenvalue weighted by Crippen LogP contribution is -2.51. The standard InChI is InChI=1S/C13H16N2O4/c1-7-4-11(19-3)8(5-10(7)18-2)9-6-14-12(16)13(17)15-9/h4-5,9H,6H2,1-3H3,(H,14,16)(H,15,17). The van der Waals surface area contributed by atoms with Gasteiger partial charge in [0.15, 0.2) is 0 Å². The number of hydrogen-bond acceptors (Lipinski definition) is 4. The highest BCUT2D eigenvalue weighted by molar-refractivity contribution is 6.35. The van der Waals surface area contributed by atoms with Crippen molar-refractivity contribution in [1.29, 1.82) is 0 Å². The van der Waals surface area contributed by atoms with Crippen molar-refractivity contribution < 1.29 is 19.1 Å². The fourth-order valence-corrected chi connectivity index (χ4v) is 2.08. The van der Waals surface area contributed by atoms with Crippen LogP contribution in [0.5, 0.6) is 11.5 Å². The maximum atomic E-state index is 11.4. The van der Waals surface area contributed by atoms with E-state index >= 15 is 0 Å². The number of amides is 2. The highest BCUT2D eigenvalue weighted by Crippen LogP contribution is 2.32. The summed E-state index contributed by atoms with van der Waals surface area (Å²) in [5, 5.41) is 5.18. The summed E-state index contributed by atoms with van der Waals surface area (Å²) < 4.78 is 10.6. The minimum absolute atomic E-state index is 0.324. The molecule has 1 unspecified atom stereocenters. The second-order valence-electron chi connectivity index (χ2n) is 4.30. The molecule has 102 valence electrons. The minimum Gasteiger partial charge on any atom is -0.496 e. The van der Waals surface area contributed by atoms with Crippen molar-refractivity contribution in [2.24, 2.45) is 0 Å². The Bertz CT molecular complexity index is 528. The molecule has 1 aromatic carbocycles. The second-order valence-corrected chi connectivity index (χ2v) is 4.30. The van der Waals surface area contributed by atoms with Gasteiger partial charge in [0.25, 0.3) is 0 Å². The summed E-state index contributed by atoms with van der Waals surface area (Å²) in [5.41, 5.74) is 1.72. The Hall–Kier alpha value is -2.24. The Labute approximate surface area is 111 Å². The monoisotopic (exact) mass is 264 g/mol. The van der Waals surface area contributed by atoms with E-state index in [4.69, 9.17) is 9.47 Å². The van der Waals surface area contributed by atoms with Gasteiger partial charge >= 0.3 is 11.8 Å². The average molecular weight is 264 g/mol. The highest BCUT2D eigenvalue weighted by Gasteiger charge is 2.28. The molecule has 1 saturated heterocycles. The molecule has 1 fully saturated rings. The lowest BCUT2D eigenvalue weighted by Gasteiger charge is -2.26. The molecule has 2 rings (SSSR count). The van der Waals surface area contributed by atoms with Gasteiger partial charge in [0.1, 0.15) is 11.5 Å². The quantitative estimate of drug-likeness (QED) is 0.770. The Morgan fingerprint density at radius 2 is 1.79 bits per heavy atom. The molecule has 6 heteroatoms. The molecule has 1 heterocycles. The number of rotatable bonds is 3. The zero-order valence-electron chi connectivity index (χ0n) is 11.1. The molecule has 2 amide bonds. The Balaban J connectivity index is 2.38. The molecule has 6 nitrogen and oxygen atoms in total. The second kappa shape index (κ2) is 5.17. The maximum Gasteiger partial charge on any atom is 0.309 e. The molecule has 2 N–H and O–H groups in total. The van der Waals surface area contributed by atoms with E-state index in [9.17, 15) is 9.59 Å². The van der Waals surface area contributed by atoms with Gasteiger partial charge in [-0.2, -0.15) is 0 Å². The summed E-state index contributed by atoms with van der Waals surface area (Å²) in [6.45, 7) is 2.24. The van der Waals surface area contributed by atoms with Gasteiger partial charge in [-0.15, -0.1) is 0 Å². The SMILES string of the molecule is COc1cc(C2CNC(=O)C(=O)N2)c(OC)cc1C. The molecule has 0 aliphatic carbocycles. The smallest absolute Gasteiger partial charge is 0.309 e. The third-order valence-corrected chi connectivity index (χ3v) is 3.10. The average Bonchev–Trinajstić information content (AvgIpc) is 2.41. The Morgan fingerprint density at radius 1 is 1.11 bits per heavy atom. The summed E-state index contributed by atoms with van der Waals surface area (Å²) in [5.74, 6) is 0.105. The van der Waals surface area contributed by atoms with Gasteiger partial charge in [-0.25, -0.2) is 0 Å². The zero-order valence-corrected chi connectivity index (χ0v) is 11.1. The number of carbonyl (C=O) groups is 2. The first-order chi connectivity index (χ1) is 9.06. The summed E-state index contributed by atoms with van der Waals surface area (Å²) in [4.78, 5) is 22.5. The van der Waals surface area contributed by atoms with Gasteiger partial charge in [-0.05, 0) is 24.6 Å². The first-order valence-electron chi connectivity index (χ1n) is 5.88. The van der Waals surface area contributed by atoms with Crippen LogP contribution < -0.4 is 20.1 Å². The number of methoxy groups -OCH3 is 2. The van der Waals surface area contributed by atoms with E-state index in [0.717, 1.165) is 11.1 Å². The Morgan fingerprint density at radius 3 is 2.37 bits per heavy atom. The van der Waals surface area contributed by atoms with Crippen molar-refractivity contribution in [3.05, 3.63) is 23.3 Å². The predicted octanol–water partition coefficient (Wildman–Crippen LogP) is 0.299. The number of hydrogen-bond donors (Lipinski definition) is 2. The summed E-state index contributed by atoms with van der Waals surface area (Å²) in [6, 6.07) is 3.34. The van der Waals surface area contributed by atoms with Crippen LogP contribution in [0.3, 0.4) is 0 Å². The molecule has 19 heavy (non-hydrogen) atoms. The molecular weight excluding hydrogens is 248 g/mol. The normalized spacial score (nSPS) is 18.6. The Kier molecular flexibility index (Phi) is 3.59. The third kappa shape index (κ3) is 2.47. The van der Waals surface area contributed by atoms with Gasteiger partial charge in [0.2, 0.25) is 0 Å². The van der Waals surface area contributed by atoms with Crippen molar-refractivity contribution in [2.75, 3.05) is 20.8 Å². The van der Waals surface area contributed by atoms with Gasteiger partial charge in [0.05, 0.1) is 20.3 Å². The largest absolute Gasteiger partial charge is 0.496 e. The van der Waals surface area contributed by atoms with Crippen LogP contribution in [0.25, 0.3) is 0 Å². The molecule has 1 aromatic rings. The van der Waals surface area contributed by atoms with Crippen molar-refractivity contribution >= 4 is 11.8 Å². The lowest BCUT2D eigenvalue weighted by atomic mass is 10.0. The van der Waals surface area contributed by atoms with Crippen LogP contribution in [0.2, 0.25) is 0 Å². The van der Waals surface area contributed by atoms with Crippen LogP contribution >= 0.6 is 0 Å². The first-order valence-corrected chi connectivity index (χ1v) is 5.88. The molecule has 1 aliphatic rings. The van der Waals surface area contributed by atoms with E-state index in [1.165, 1.54) is 0 Å². The van der Waals surface area contributed by atoms with E-state index in [0.29, 0.717) is 18.0 Å². The number of aryl methyl sites for hydroxylation is 1. The van der Waals surface area contributed by atoms with Crippen LogP contribution in [0.1, 0.15) is 17.2 Å². The number of ether oxygens (including phenoxy) is 2. The van der Waals surface area contributed by atoms with Gasteiger partial charge < -0.3 is 20.1 Å². The van der Waals surface area contributed by atoms with E-state index in [2.05, 4.69) is 10.6 Å². The molecular formula is C13H16N2O4. The van der Waals surface area contributed by atoms with E-state index in [1.807, 2.05) is 19.1 Å². The van der Waals surface area contributed by atoms with Gasteiger partial charge in [-0.3, -0.25) is 9.59 Å². The molecule has 0 radical (unpaired) electrons. The minimum atomic E-state index is -0.641. The molecule has 0 spiro atoms. The van der Waals surface area contributed by atoms with E-state index in [-0.39, 0.29) is 6.04 Å². The summed E-state index contributed by atoms with van der Waals surface area (Å²) >= 11 is 0. The van der Waals surface area contributed by atoms with E-state index in [1.54, 1.807) is 14.2 Å². The summed E-state index contributed by atoms with van der Waals surface area (Å²) in [7, 11) is 3.15. The van der Waals surface area contributed by atoms with Crippen molar-refractivity contribution in [2.45, 2.75) is 13.0 Å². The number of benzene rings is 1. The first kappa shape index (κ1) is 13.2. The van der Waals surface area contributed by atoms with Crippen LogP contribution in [0.15, 0.2) is 12.1 Å². The van der Waals surface area contributed by atoms with Crippen molar-refractivity contribution in [1.82, 2.24) is 10.6 Å². The van der Waals surface area contributed by atoms with Crippen molar-refractivity contribution in [3.8, 4) is 11.5 Å². The highest BCUT2D eigenvalue weighted by atomic mass is 16.5. The maximum absolute atomic E-state index is 11.4. The predicted molar refractivity (Wildman–Crippen MR) is 68.2 cm³/mol. The fraction of sp³-hybridized carbons (Fsp3) is 0.385. The molecule has 1 atom stereocenters. The number of carbonyl (C=O) groups excluding carboxylic acids is 2. The zero-order chi connectivity index (χ0) is 14.0. The van der Waals surface area contributed by atoms with E-state index < -0.39 is 11.8 Å². The lowest BCUT2D eigenvalue weighted by molar-refractivity contribution is -0.141. The van der Waals surface area contributed by atoms with Crippen LogP contribution in [0.4, 0.5) is 0 Å². The summed E-state index contributed by atoms with van der Waals surface area (Å²) in [6.07, 6.45) is 0. The molecule has 0 aromatic heterocycles. The third-order valence-electron chi connectivity index (χ3n) is 3.10. The number of nitrogens with one attached hydrogen (secondary N) is 2. The van der Waals surface area contributed by atoms with Crippen LogP contribution in [-0.4, -0.2) is 32.6 Å².